The van der Waals surface area contributed by atoms with Crippen LogP contribution in [0.3, 0.4) is 0 Å². The normalized spacial score (nSPS) is 19.6. The van der Waals surface area contributed by atoms with E-state index in [4.69, 9.17) is 16.3 Å². The van der Waals surface area contributed by atoms with E-state index in [0.29, 0.717) is 32.1 Å². The van der Waals surface area contributed by atoms with Gasteiger partial charge in [-0.3, -0.25) is 23.7 Å². The van der Waals surface area contributed by atoms with Crippen LogP contribution in [0.4, 0.5) is 11.4 Å². The molecule has 4 aromatic rings. The van der Waals surface area contributed by atoms with E-state index in [9.17, 15) is 19.2 Å². The lowest BCUT2D eigenvalue weighted by atomic mass is 9.83. The molecule has 0 aliphatic carbocycles. The maximum absolute atomic E-state index is 14.0. The molecule has 3 aromatic carbocycles. The van der Waals surface area contributed by atoms with E-state index < -0.39 is 23.0 Å². The molecular weight excluding hydrogens is 650 g/mol. The van der Waals surface area contributed by atoms with Gasteiger partial charge in [0.2, 0.25) is 17.7 Å². The van der Waals surface area contributed by atoms with Crippen molar-refractivity contribution in [3.05, 3.63) is 102 Å². The third-order valence-corrected chi connectivity index (χ3v) is 10.4. The molecule has 1 fully saturated rings. The molecule has 3 atom stereocenters. The molecule has 0 saturated carbocycles. The van der Waals surface area contributed by atoms with Crippen LogP contribution >= 0.6 is 50.6 Å². The van der Waals surface area contributed by atoms with Gasteiger partial charge in [-0.1, -0.05) is 62.8 Å². The van der Waals surface area contributed by atoms with Gasteiger partial charge < -0.3 is 10.1 Å². The first kappa shape index (κ1) is 27.8. The van der Waals surface area contributed by atoms with Crippen LogP contribution in [-0.2, 0) is 20.9 Å². The van der Waals surface area contributed by atoms with Crippen LogP contribution in [-0.4, -0.2) is 34.6 Å². The Labute approximate surface area is 256 Å². The molecule has 2 aliphatic heterocycles. The second-order valence-electron chi connectivity index (χ2n) is 9.48. The number of imide groups is 1. The molecule has 1 saturated heterocycles. The number of amides is 3. The zero-order chi connectivity index (χ0) is 28.8. The molecule has 1 N–H and O–H groups in total. The zero-order valence-corrected chi connectivity index (χ0v) is 25.4. The number of nitrogens with one attached hydrogen (secondary N) is 1. The number of nitrogens with zero attached hydrogens (tertiary/aromatic N) is 2. The van der Waals surface area contributed by atoms with E-state index in [1.54, 1.807) is 55.6 Å². The van der Waals surface area contributed by atoms with Crippen LogP contribution in [0.1, 0.15) is 16.4 Å². The van der Waals surface area contributed by atoms with Gasteiger partial charge in [0.05, 0.1) is 23.7 Å². The van der Waals surface area contributed by atoms with Crippen molar-refractivity contribution in [1.82, 2.24) is 4.57 Å². The number of anilines is 2. The summed E-state index contributed by atoms with van der Waals surface area (Å²) in [6.07, 6.45) is 0. The predicted octanol–water partition coefficient (Wildman–Crippen LogP) is 5.77. The van der Waals surface area contributed by atoms with Crippen molar-refractivity contribution in [2.24, 2.45) is 5.92 Å². The van der Waals surface area contributed by atoms with E-state index in [-0.39, 0.29) is 23.2 Å². The molecule has 2 aliphatic rings. The second-order valence-corrected chi connectivity index (χ2v) is 13.0. The molecule has 0 unspecified atom stereocenters. The van der Waals surface area contributed by atoms with E-state index in [1.807, 2.05) is 24.3 Å². The van der Waals surface area contributed by atoms with Crippen molar-refractivity contribution in [1.29, 1.82) is 0 Å². The van der Waals surface area contributed by atoms with Gasteiger partial charge in [0.1, 0.15) is 17.5 Å². The molecule has 6 rings (SSSR count). The summed E-state index contributed by atoms with van der Waals surface area (Å²) in [5.74, 6) is -1.75. The topological polar surface area (TPSA) is 97.7 Å². The van der Waals surface area contributed by atoms with Gasteiger partial charge in [-0.15, -0.1) is 0 Å². The molecule has 0 radical (unpaired) electrons. The van der Waals surface area contributed by atoms with Gasteiger partial charge in [0.25, 0.3) is 0 Å². The molecule has 0 spiro atoms. The number of ether oxygens (including phenoxy) is 1. The number of halogens is 2. The lowest BCUT2D eigenvalue weighted by Crippen LogP contribution is -2.33. The number of aromatic nitrogens is 1. The number of rotatable bonds is 6. The fourth-order valence-corrected chi connectivity index (χ4v) is 8.31. The first-order valence-electron chi connectivity index (χ1n) is 12.5. The third kappa shape index (κ3) is 5.12. The number of benzene rings is 3. The van der Waals surface area contributed by atoms with Gasteiger partial charge in [0.15, 0.2) is 0 Å². The number of fused-ring (bicyclic) bond motifs is 2. The van der Waals surface area contributed by atoms with Gasteiger partial charge >= 0.3 is 4.87 Å². The first-order valence-corrected chi connectivity index (χ1v) is 15.3. The smallest absolute Gasteiger partial charge is 0.308 e. The maximum Gasteiger partial charge on any atom is 0.308 e. The Kier molecular flexibility index (Phi) is 7.54. The van der Waals surface area contributed by atoms with Crippen molar-refractivity contribution in [3.8, 4) is 5.75 Å². The van der Waals surface area contributed by atoms with Crippen LogP contribution in [0.15, 0.2) is 87.1 Å². The third-order valence-electron chi connectivity index (χ3n) is 7.04. The van der Waals surface area contributed by atoms with Crippen LogP contribution < -0.4 is 19.8 Å². The molecule has 3 amide bonds. The van der Waals surface area contributed by atoms with Gasteiger partial charge in [-0.2, -0.15) is 0 Å². The number of methoxy groups -OCH3 is 1. The number of carbonyl (C=O) groups is 3. The van der Waals surface area contributed by atoms with Crippen LogP contribution in [0.2, 0.25) is 5.02 Å². The van der Waals surface area contributed by atoms with Crippen molar-refractivity contribution < 1.29 is 19.1 Å². The Balaban J connectivity index is 1.39. The number of hydrogen-bond donors (Lipinski definition) is 1. The molecular formula is C29H21BrClN3O5S2. The maximum atomic E-state index is 14.0. The highest BCUT2D eigenvalue weighted by Crippen LogP contribution is 2.54. The summed E-state index contributed by atoms with van der Waals surface area (Å²) in [5.41, 5.74) is 1.80. The fraction of sp³-hybridized carbons (Fsp3) is 0.172. The number of carbonyl (C=O) groups excluding carboxylic acids is 3. The summed E-state index contributed by atoms with van der Waals surface area (Å²) in [4.78, 5) is 55.6. The molecule has 41 heavy (non-hydrogen) atoms. The zero-order valence-electron chi connectivity index (χ0n) is 21.4. The average Bonchev–Trinajstić information content (AvgIpc) is 3.41. The lowest BCUT2D eigenvalue weighted by molar-refractivity contribution is -0.122. The van der Waals surface area contributed by atoms with E-state index in [0.717, 1.165) is 21.4 Å². The van der Waals surface area contributed by atoms with Crippen LogP contribution in [0.5, 0.6) is 5.75 Å². The Morgan fingerprint density at radius 3 is 2.32 bits per heavy atom. The molecule has 8 nitrogen and oxygen atoms in total. The molecule has 12 heteroatoms. The van der Waals surface area contributed by atoms with Gasteiger partial charge in [-0.25, -0.2) is 4.90 Å². The Hall–Kier alpha value is -3.38. The lowest BCUT2D eigenvalue weighted by Gasteiger charge is -2.30. The minimum absolute atomic E-state index is 0.241. The minimum Gasteiger partial charge on any atom is -0.497 e. The Bertz CT molecular complexity index is 1720. The van der Waals surface area contributed by atoms with Crippen LogP contribution in [0, 0.1) is 5.92 Å². The van der Waals surface area contributed by atoms with E-state index >= 15 is 0 Å². The summed E-state index contributed by atoms with van der Waals surface area (Å²) in [6.45, 7) is -0.241. The molecule has 208 valence electrons. The van der Waals surface area contributed by atoms with Crippen LogP contribution in [0.25, 0.3) is 0 Å². The SMILES string of the molecule is COc1ccc(N2C(=O)[C@H]3[C@H](c4ccc(Br)cc4)c4sc(=O)n(CC(=O)Nc5ccc(Cl)cc5)c4S[C@H]3C2=O)cc1. The highest BCUT2D eigenvalue weighted by Gasteiger charge is 2.56. The summed E-state index contributed by atoms with van der Waals surface area (Å²) in [6, 6.07) is 20.9. The summed E-state index contributed by atoms with van der Waals surface area (Å²) < 4.78 is 7.49. The standard InChI is InChI=1S/C29H21BrClN3O5S2/c1-39-20-12-10-19(11-13-20)34-26(36)23-22(15-2-4-16(30)5-3-15)25-28(40-24(23)27(34)37)33(29(38)41-25)14-21(35)32-18-8-6-17(31)7-9-18/h2-13,22-24H,14H2,1H3,(H,32,35)/t22-,23-,24+/m0/s1. The fourth-order valence-electron chi connectivity index (χ4n) is 5.15. The largest absolute Gasteiger partial charge is 0.497 e. The number of thiazole rings is 1. The van der Waals surface area contributed by atoms with Crippen molar-refractivity contribution in [2.45, 2.75) is 22.7 Å². The first-order chi connectivity index (χ1) is 19.7. The Morgan fingerprint density at radius 1 is 0.976 bits per heavy atom. The van der Waals surface area contributed by atoms with Crippen molar-refractivity contribution in [2.75, 3.05) is 17.3 Å². The average molecular weight is 671 g/mol. The quantitative estimate of drug-likeness (QED) is 0.262. The molecule has 3 heterocycles. The van der Waals surface area contributed by atoms with Crippen molar-refractivity contribution >= 4 is 79.7 Å². The number of thioether (sulfide) groups is 1. The minimum atomic E-state index is -0.773. The predicted molar refractivity (Wildman–Crippen MR) is 163 cm³/mol. The molecule has 1 aromatic heterocycles. The number of hydrogen-bond acceptors (Lipinski definition) is 7. The second kappa shape index (κ2) is 11.1. The van der Waals surface area contributed by atoms with Crippen molar-refractivity contribution in [3.63, 3.8) is 0 Å². The summed E-state index contributed by atoms with van der Waals surface area (Å²) in [7, 11) is 1.54. The molecule has 0 bridgehead atoms. The summed E-state index contributed by atoms with van der Waals surface area (Å²) >= 11 is 11.6. The Morgan fingerprint density at radius 2 is 1.66 bits per heavy atom. The van der Waals surface area contributed by atoms with E-state index in [1.165, 1.54) is 21.2 Å². The van der Waals surface area contributed by atoms with Gasteiger partial charge in [-0.05, 0) is 66.2 Å². The van der Waals surface area contributed by atoms with E-state index in [2.05, 4.69) is 21.2 Å². The van der Waals surface area contributed by atoms with Gasteiger partial charge in [0, 0.05) is 26.0 Å². The monoisotopic (exact) mass is 669 g/mol. The highest BCUT2D eigenvalue weighted by molar-refractivity contribution is 9.10. The highest BCUT2D eigenvalue weighted by atomic mass is 79.9. The summed E-state index contributed by atoms with van der Waals surface area (Å²) in [5, 5.41) is 3.07.